The van der Waals surface area contributed by atoms with E-state index in [9.17, 15) is 14.9 Å². The molecule has 0 aliphatic rings. The molecule has 0 radical (unpaired) electrons. The largest absolute Gasteiger partial charge is 0.466 e. The van der Waals surface area contributed by atoms with Crippen molar-refractivity contribution in [2.45, 2.75) is 32.6 Å². The molecule has 0 spiro atoms. The molecule has 0 atom stereocenters. The van der Waals surface area contributed by atoms with E-state index in [0.717, 1.165) is 11.8 Å². The average molecular weight is 277 g/mol. The molecule has 20 heavy (non-hydrogen) atoms. The van der Waals surface area contributed by atoms with E-state index in [1.54, 1.807) is 6.92 Å². The van der Waals surface area contributed by atoms with Crippen LogP contribution >= 0.6 is 0 Å². The molecule has 108 valence electrons. The van der Waals surface area contributed by atoms with Crippen molar-refractivity contribution in [3.63, 3.8) is 0 Å². The summed E-state index contributed by atoms with van der Waals surface area (Å²) in [6, 6.07) is 9.26. The Morgan fingerprint density at radius 3 is 2.50 bits per heavy atom. The lowest BCUT2D eigenvalue weighted by Gasteiger charge is -2.05. The van der Waals surface area contributed by atoms with Gasteiger partial charge < -0.3 is 4.74 Å². The molecule has 1 aromatic rings. The first-order valence-electron chi connectivity index (χ1n) is 6.68. The normalized spacial score (nSPS) is 11.2. The van der Waals surface area contributed by atoms with E-state index in [2.05, 4.69) is 0 Å². The predicted molar refractivity (Wildman–Crippen MR) is 76.5 cm³/mol. The van der Waals surface area contributed by atoms with Gasteiger partial charge in [0, 0.05) is 12.0 Å². The number of allylic oxidation sites excluding steroid dienone is 1. The summed E-state index contributed by atoms with van der Waals surface area (Å²) < 4.78 is 4.84. The Kier molecular flexibility index (Phi) is 7.03. The van der Waals surface area contributed by atoms with E-state index < -0.39 is 4.92 Å². The summed E-state index contributed by atoms with van der Waals surface area (Å²) in [5, 5.41) is 10.7. The van der Waals surface area contributed by atoms with E-state index in [4.69, 9.17) is 4.74 Å². The van der Waals surface area contributed by atoms with Crippen molar-refractivity contribution < 1.29 is 14.5 Å². The minimum atomic E-state index is -0.437. The number of ether oxygens (including phenoxy) is 1. The Balaban J connectivity index is 2.52. The highest BCUT2D eigenvalue weighted by Crippen LogP contribution is 2.21. The molecule has 1 rings (SSSR count). The lowest BCUT2D eigenvalue weighted by molar-refractivity contribution is -0.401. The van der Waals surface area contributed by atoms with Crippen molar-refractivity contribution in [2.75, 3.05) is 6.61 Å². The minimum absolute atomic E-state index is 0.216. The molecule has 0 amide bonds. The van der Waals surface area contributed by atoms with Crippen molar-refractivity contribution in [1.82, 2.24) is 0 Å². The van der Waals surface area contributed by atoms with Crippen LogP contribution in [0.2, 0.25) is 0 Å². The molecular weight excluding hydrogens is 258 g/mol. The Morgan fingerprint density at radius 2 is 1.90 bits per heavy atom. The fourth-order valence-corrected chi connectivity index (χ4v) is 1.88. The SMILES string of the molecule is CCOC(=O)CCCC/C(=C/[N+](=O)[O-])c1ccccc1. The maximum absolute atomic E-state index is 11.2. The maximum Gasteiger partial charge on any atom is 0.305 e. The number of hydrogen-bond donors (Lipinski definition) is 0. The zero-order valence-electron chi connectivity index (χ0n) is 11.6. The number of nitro groups is 1. The Bertz CT molecular complexity index is 468. The van der Waals surface area contributed by atoms with Crippen LogP contribution in [0.25, 0.3) is 5.57 Å². The van der Waals surface area contributed by atoms with Crippen molar-refractivity contribution in [2.24, 2.45) is 0 Å². The fraction of sp³-hybridized carbons (Fsp3) is 0.400. The smallest absolute Gasteiger partial charge is 0.305 e. The topological polar surface area (TPSA) is 69.4 Å². The van der Waals surface area contributed by atoms with Crippen LogP contribution < -0.4 is 0 Å². The second-order valence-corrected chi connectivity index (χ2v) is 4.32. The summed E-state index contributed by atoms with van der Waals surface area (Å²) in [6.45, 7) is 2.15. The number of rotatable bonds is 8. The summed E-state index contributed by atoms with van der Waals surface area (Å²) >= 11 is 0. The number of hydrogen-bond acceptors (Lipinski definition) is 4. The molecular formula is C15H19NO4. The maximum atomic E-state index is 11.2. The summed E-state index contributed by atoms with van der Waals surface area (Å²) in [5.74, 6) is -0.216. The first kappa shape index (κ1) is 15.9. The molecule has 0 aromatic heterocycles. The number of carbonyl (C=O) groups excluding carboxylic acids is 1. The van der Waals surface area contributed by atoms with Gasteiger partial charge in [-0.1, -0.05) is 30.3 Å². The van der Waals surface area contributed by atoms with Gasteiger partial charge in [0.1, 0.15) is 0 Å². The molecule has 0 unspecified atom stereocenters. The molecule has 0 saturated heterocycles. The molecule has 1 aromatic carbocycles. The standard InChI is InChI=1S/C15H19NO4/c1-2-20-15(17)11-7-6-10-14(12-16(18)19)13-8-4-3-5-9-13/h3-5,8-9,12H,2,6-7,10-11H2,1H3/b14-12-. The van der Waals surface area contributed by atoms with Crippen LogP contribution in [0.1, 0.15) is 38.2 Å². The zero-order valence-corrected chi connectivity index (χ0v) is 11.6. The summed E-state index contributed by atoms with van der Waals surface area (Å²) in [6.07, 6.45) is 3.35. The highest BCUT2D eigenvalue weighted by molar-refractivity contribution is 5.69. The van der Waals surface area contributed by atoms with Gasteiger partial charge in [0.2, 0.25) is 6.20 Å². The molecule has 0 N–H and O–H groups in total. The van der Waals surface area contributed by atoms with Gasteiger partial charge in [-0.2, -0.15) is 0 Å². The molecule has 0 saturated carbocycles. The first-order valence-corrected chi connectivity index (χ1v) is 6.68. The van der Waals surface area contributed by atoms with Gasteiger partial charge in [-0.05, 0) is 31.7 Å². The van der Waals surface area contributed by atoms with Gasteiger partial charge in [-0.25, -0.2) is 0 Å². The number of benzene rings is 1. The summed E-state index contributed by atoms with van der Waals surface area (Å²) in [5.41, 5.74) is 1.53. The van der Waals surface area contributed by atoms with Gasteiger partial charge >= 0.3 is 5.97 Å². The minimum Gasteiger partial charge on any atom is -0.466 e. The molecule has 0 heterocycles. The van der Waals surface area contributed by atoms with E-state index in [-0.39, 0.29) is 5.97 Å². The highest BCUT2D eigenvalue weighted by atomic mass is 16.6. The van der Waals surface area contributed by atoms with Crippen molar-refractivity contribution in [3.05, 3.63) is 52.2 Å². The molecule has 0 aliphatic carbocycles. The molecule has 0 aliphatic heterocycles. The second-order valence-electron chi connectivity index (χ2n) is 4.32. The van der Waals surface area contributed by atoms with Gasteiger partial charge in [-0.3, -0.25) is 14.9 Å². The fourth-order valence-electron chi connectivity index (χ4n) is 1.88. The quantitative estimate of drug-likeness (QED) is 0.316. The van der Waals surface area contributed by atoms with Crippen molar-refractivity contribution in [3.8, 4) is 0 Å². The Labute approximate surface area is 118 Å². The molecule has 5 heteroatoms. The monoisotopic (exact) mass is 277 g/mol. The van der Waals surface area contributed by atoms with Crippen molar-refractivity contribution >= 4 is 11.5 Å². The third-order valence-electron chi connectivity index (χ3n) is 2.79. The van der Waals surface area contributed by atoms with E-state index >= 15 is 0 Å². The van der Waals surface area contributed by atoms with Crippen LogP contribution in [0.15, 0.2) is 36.5 Å². The Morgan fingerprint density at radius 1 is 1.25 bits per heavy atom. The second kappa shape index (κ2) is 8.85. The van der Waals surface area contributed by atoms with Gasteiger partial charge in [-0.15, -0.1) is 0 Å². The van der Waals surface area contributed by atoms with Crippen LogP contribution in [-0.2, 0) is 9.53 Å². The molecule has 5 nitrogen and oxygen atoms in total. The Hall–Kier alpha value is -2.17. The third kappa shape index (κ3) is 6.13. The van der Waals surface area contributed by atoms with E-state index in [1.807, 2.05) is 30.3 Å². The summed E-state index contributed by atoms with van der Waals surface area (Å²) in [7, 11) is 0. The highest BCUT2D eigenvalue weighted by Gasteiger charge is 2.07. The van der Waals surface area contributed by atoms with Gasteiger partial charge in [0.25, 0.3) is 0 Å². The zero-order chi connectivity index (χ0) is 14.8. The van der Waals surface area contributed by atoms with Crippen LogP contribution in [0, 0.1) is 10.1 Å². The summed E-state index contributed by atoms with van der Waals surface area (Å²) in [4.78, 5) is 21.4. The van der Waals surface area contributed by atoms with Crippen LogP contribution in [0.3, 0.4) is 0 Å². The lowest BCUT2D eigenvalue weighted by atomic mass is 10.0. The molecule has 0 bridgehead atoms. The van der Waals surface area contributed by atoms with E-state index in [0.29, 0.717) is 37.9 Å². The van der Waals surface area contributed by atoms with Crippen LogP contribution in [-0.4, -0.2) is 17.5 Å². The number of nitrogens with zero attached hydrogens (tertiary/aromatic N) is 1. The number of carbonyl (C=O) groups is 1. The van der Waals surface area contributed by atoms with E-state index in [1.165, 1.54) is 0 Å². The average Bonchev–Trinajstić information content (AvgIpc) is 2.43. The lowest BCUT2D eigenvalue weighted by Crippen LogP contribution is -2.03. The van der Waals surface area contributed by atoms with Gasteiger partial charge in [0.15, 0.2) is 0 Å². The number of esters is 1. The molecule has 0 fully saturated rings. The van der Waals surface area contributed by atoms with Crippen molar-refractivity contribution in [1.29, 1.82) is 0 Å². The predicted octanol–water partition coefficient (Wildman–Crippen LogP) is 3.43. The first-order chi connectivity index (χ1) is 9.63. The van der Waals surface area contributed by atoms with Crippen LogP contribution in [0.4, 0.5) is 0 Å². The van der Waals surface area contributed by atoms with Crippen LogP contribution in [0.5, 0.6) is 0 Å². The van der Waals surface area contributed by atoms with Gasteiger partial charge in [0.05, 0.1) is 11.5 Å². The number of unbranched alkanes of at least 4 members (excludes halogenated alkanes) is 1. The third-order valence-corrected chi connectivity index (χ3v) is 2.79.